The van der Waals surface area contributed by atoms with Gasteiger partial charge in [-0.3, -0.25) is 14.9 Å². The number of rotatable bonds is 6. The predicted molar refractivity (Wildman–Crippen MR) is 74.6 cm³/mol. The van der Waals surface area contributed by atoms with Crippen molar-refractivity contribution in [3.05, 3.63) is 33.4 Å². The number of aliphatic carboxylic acids is 1. The molecule has 0 aliphatic rings. The topological polar surface area (TPSA) is 127 Å². The minimum Gasteiger partial charge on any atom is -0.481 e. The molecule has 1 atom stereocenters. The monoisotopic (exact) mass is 316 g/mol. The molecule has 2 N–H and O–H groups in total. The van der Waals surface area contributed by atoms with Gasteiger partial charge in [0.25, 0.3) is 5.69 Å². The molecule has 9 heteroatoms. The second-order valence-electron chi connectivity index (χ2n) is 4.73. The first kappa shape index (κ1) is 17.1. The van der Waals surface area contributed by atoms with Crippen LogP contribution >= 0.6 is 0 Å². The summed E-state index contributed by atoms with van der Waals surface area (Å²) < 4.78 is 26.3. The van der Waals surface area contributed by atoms with Crippen molar-refractivity contribution >= 4 is 21.7 Å². The number of hydrogen-bond donors (Lipinski definition) is 2. The summed E-state index contributed by atoms with van der Waals surface area (Å²) in [5.74, 6) is -2.04. The fraction of sp³-hybridized carbons (Fsp3) is 0.417. The Labute approximate surface area is 122 Å². The minimum atomic E-state index is -4.00. The average Bonchev–Trinajstić information content (AvgIpc) is 2.38. The van der Waals surface area contributed by atoms with Crippen LogP contribution in [0.3, 0.4) is 0 Å². The molecule has 0 bridgehead atoms. The summed E-state index contributed by atoms with van der Waals surface area (Å²) in [7, 11) is -4.00. The summed E-state index contributed by atoms with van der Waals surface area (Å²) in [4.78, 5) is 20.7. The number of carbonyl (C=O) groups is 1. The van der Waals surface area contributed by atoms with Crippen LogP contribution in [0.1, 0.15) is 18.1 Å². The van der Waals surface area contributed by atoms with Gasteiger partial charge in [-0.15, -0.1) is 0 Å². The Balaban J connectivity index is 3.15. The van der Waals surface area contributed by atoms with Gasteiger partial charge in [-0.1, -0.05) is 6.92 Å². The highest BCUT2D eigenvalue weighted by molar-refractivity contribution is 7.89. The van der Waals surface area contributed by atoms with Crippen molar-refractivity contribution in [2.75, 3.05) is 6.54 Å². The molecule has 21 heavy (non-hydrogen) atoms. The fourth-order valence-corrected chi connectivity index (χ4v) is 2.79. The predicted octanol–water partition coefficient (Wildman–Crippen LogP) is 1.21. The van der Waals surface area contributed by atoms with Gasteiger partial charge < -0.3 is 5.11 Å². The first-order valence-electron chi connectivity index (χ1n) is 6.04. The van der Waals surface area contributed by atoms with Crippen LogP contribution < -0.4 is 4.72 Å². The van der Waals surface area contributed by atoms with Gasteiger partial charge in [0.05, 0.1) is 15.7 Å². The number of nitrogens with one attached hydrogen (secondary N) is 1. The smallest absolute Gasteiger partial charge is 0.307 e. The summed E-state index contributed by atoms with van der Waals surface area (Å²) in [6.07, 6.45) is 0. The number of benzene rings is 1. The number of aryl methyl sites for hydroxylation is 1. The molecule has 0 saturated carbocycles. The highest BCUT2D eigenvalue weighted by atomic mass is 32.2. The number of carboxylic acids is 1. The van der Waals surface area contributed by atoms with E-state index in [1.165, 1.54) is 19.9 Å². The van der Waals surface area contributed by atoms with Crippen LogP contribution in [0.2, 0.25) is 0 Å². The standard InChI is InChI=1S/C12H16N2O6S/c1-7-4-10(5-11(9(7)3)14(17)18)21(19,20)13-6-8(2)12(15)16/h4-5,8,13H,6H2,1-3H3,(H,15,16). The molecular weight excluding hydrogens is 300 g/mol. The third-order valence-corrected chi connectivity index (χ3v) is 4.52. The first-order valence-corrected chi connectivity index (χ1v) is 7.52. The Kier molecular flexibility index (Phi) is 5.02. The van der Waals surface area contributed by atoms with Gasteiger partial charge in [0.1, 0.15) is 0 Å². The summed E-state index contributed by atoms with van der Waals surface area (Å²) in [6.45, 7) is 4.16. The molecule has 1 unspecified atom stereocenters. The maximum Gasteiger partial charge on any atom is 0.307 e. The van der Waals surface area contributed by atoms with E-state index >= 15 is 0 Å². The Bertz CT molecular complexity index is 683. The van der Waals surface area contributed by atoms with E-state index < -0.39 is 26.8 Å². The molecule has 1 aromatic rings. The minimum absolute atomic E-state index is 0.255. The van der Waals surface area contributed by atoms with Gasteiger partial charge in [-0.05, 0) is 25.5 Å². The zero-order valence-electron chi connectivity index (χ0n) is 11.8. The van der Waals surface area contributed by atoms with Crippen LogP contribution in [0.4, 0.5) is 5.69 Å². The molecule has 0 radical (unpaired) electrons. The third kappa shape index (κ3) is 3.99. The molecule has 0 aliphatic heterocycles. The van der Waals surface area contributed by atoms with E-state index in [0.717, 1.165) is 6.07 Å². The lowest BCUT2D eigenvalue weighted by Crippen LogP contribution is -2.31. The lowest BCUT2D eigenvalue weighted by atomic mass is 10.1. The van der Waals surface area contributed by atoms with E-state index in [9.17, 15) is 23.3 Å². The van der Waals surface area contributed by atoms with E-state index in [0.29, 0.717) is 11.1 Å². The highest BCUT2D eigenvalue weighted by Crippen LogP contribution is 2.25. The second-order valence-corrected chi connectivity index (χ2v) is 6.50. The summed E-state index contributed by atoms with van der Waals surface area (Å²) in [6, 6.07) is 2.28. The lowest BCUT2D eigenvalue weighted by molar-refractivity contribution is -0.385. The average molecular weight is 316 g/mol. The number of sulfonamides is 1. The van der Waals surface area contributed by atoms with Gasteiger partial charge in [-0.2, -0.15) is 0 Å². The van der Waals surface area contributed by atoms with Crippen LogP contribution in [0.15, 0.2) is 17.0 Å². The molecule has 0 spiro atoms. The van der Waals surface area contributed by atoms with Crippen LogP contribution in [0.5, 0.6) is 0 Å². The van der Waals surface area contributed by atoms with Crippen LogP contribution in [0.25, 0.3) is 0 Å². The normalized spacial score (nSPS) is 12.9. The van der Waals surface area contributed by atoms with Crippen molar-refractivity contribution in [3.63, 3.8) is 0 Å². The molecule has 0 amide bonds. The quantitative estimate of drug-likeness (QED) is 0.600. The lowest BCUT2D eigenvalue weighted by Gasteiger charge is -2.11. The first-order chi connectivity index (χ1) is 9.56. The highest BCUT2D eigenvalue weighted by Gasteiger charge is 2.23. The maximum atomic E-state index is 12.1. The zero-order chi connectivity index (χ0) is 16.4. The van der Waals surface area contributed by atoms with E-state index in [1.807, 2.05) is 0 Å². The van der Waals surface area contributed by atoms with E-state index in [2.05, 4.69) is 4.72 Å². The van der Waals surface area contributed by atoms with Crippen molar-refractivity contribution in [1.29, 1.82) is 0 Å². The third-order valence-electron chi connectivity index (χ3n) is 3.12. The number of nitrogens with zero attached hydrogens (tertiary/aromatic N) is 1. The van der Waals surface area contributed by atoms with Crippen molar-refractivity contribution < 1.29 is 23.2 Å². The largest absolute Gasteiger partial charge is 0.481 e. The maximum absolute atomic E-state index is 12.1. The van der Waals surface area contributed by atoms with Crippen LogP contribution in [0, 0.1) is 29.9 Å². The molecule has 8 nitrogen and oxygen atoms in total. The molecule has 0 aromatic heterocycles. The Morgan fingerprint density at radius 2 is 2.00 bits per heavy atom. The fourth-order valence-electron chi connectivity index (χ4n) is 1.56. The van der Waals surface area contributed by atoms with Crippen molar-refractivity contribution in [2.45, 2.75) is 25.7 Å². The van der Waals surface area contributed by atoms with Gasteiger partial charge in [-0.25, -0.2) is 13.1 Å². The molecule has 0 aliphatic carbocycles. The van der Waals surface area contributed by atoms with Gasteiger partial charge in [0, 0.05) is 18.2 Å². The molecular formula is C12H16N2O6S. The molecule has 0 heterocycles. The van der Waals surface area contributed by atoms with Gasteiger partial charge in [0.15, 0.2) is 0 Å². The second kappa shape index (κ2) is 6.19. The van der Waals surface area contributed by atoms with Crippen molar-refractivity contribution in [1.82, 2.24) is 4.72 Å². The number of hydrogen-bond acceptors (Lipinski definition) is 5. The van der Waals surface area contributed by atoms with Crippen LogP contribution in [-0.4, -0.2) is 31.0 Å². The Morgan fingerprint density at radius 1 is 1.43 bits per heavy atom. The number of nitro groups is 1. The van der Waals surface area contributed by atoms with Crippen LogP contribution in [-0.2, 0) is 14.8 Å². The zero-order valence-corrected chi connectivity index (χ0v) is 12.6. The van der Waals surface area contributed by atoms with Crippen molar-refractivity contribution in [2.24, 2.45) is 5.92 Å². The number of carboxylic acid groups (broad SMARTS) is 1. The molecule has 116 valence electrons. The van der Waals surface area contributed by atoms with E-state index in [1.54, 1.807) is 6.92 Å². The summed E-state index contributed by atoms with van der Waals surface area (Å²) in [5.41, 5.74) is 0.565. The summed E-state index contributed by atoms with van der Waals surface area (Å²) in [5, 5.41) is 19.6. The molecule has 1 aromatic carbocycles. The van der Waals surface area contributed by atoms with Gasteiger partial charge >= 0.3 is 5.97 Å². The Hall–Kier alpha value is -2.00. The molecule has 1 rings (SSSR count). The van der Waals surface area contributed by atoms with E-state index in [4.69, 9.17) is 5.11 Å². The SMILES string of the molecule is Cc1cc(S(=O)(=O)NCC(C)C(=O)O)cc([N+](=O)[O-])c1C. The van der Waals surface area contributed by atoms with E-state index in [-0.39, 0.29) is 17.1 Å². The number of nitro benzene ring substituents is 1. The van der Waals surface area contributed by atoms with Crippen molar-refractivity contribution in [3.8, 4) is 0 Å². The summed E-state index contributed by atoms with van der Waals surface area (Å²) >= 11 is 0. The molecule has 0 saturated heterocycles. The Morgan fingerprint density at radius 3 is 2.48 bits per heavy atom. The van der Waals surface area contributed by atoms with Gasteiger partial charge in [0.2, 0.25) is 10.0 Å². The molecule has 0 fully saturated rings.